The molecule has 5 heteroatoms. The van der Waals surface area contributed by atoms with E-state index in [1.54, 1.807) is 10.9 Å². The molecule has 0 aliphatic rings. The number of aromatic nitrogens is 2. The van der Waals surface area contributed by atoms with Gasteiger partial charge in [-0.2, -0.15) is 5.10 Å². The molecule has 122 valence electrons. The number of carbonyl (C=O) groups is 1. The summed E-state index contributed by atoms with van der Waals surface area (Å²) in [5.74, 6) is 0.689. The first-order valence-corrected chi connectivity index (χ1v) is 7.80. The van der Waals surface area contributed by atoms with Gasteiger partial charge in [-0.05, 0) is 43.3 Å². The molecule has 0 saturated heterocycles. The van der Waals surface area contributed by atoms with Gasteiger partial charge < -0.3 is 10.1 Å². The van der Waals surface area contributed by atoms with Crippen molar-refractivity contribution < 1.29 is 9.53 Å². The van der Waals surface area contributed by atoms with Crippen molar-refractivity contribution in [3.63, 3.8) is 0 Å². The Bertz CT molecular complexity index is 796. The van der Waals surface area contributed by atoms with Crippen LogP contribution in [0.2, 0.25) is 0 Å². The lowest BCUT2D eigenvalue weighted by Crippen LogP contribution is -2.15. The van der Waals surface area contributed by atoms with Gasteiger partial charge >= 0.3 is 0 Å². The van der Waals surface area contributed by atoms with Gasteiger partial charge in [0.25, 0.3) is 0 Å². The normalized spacial score (nSPS) is 10.4. The molecule has 0 radical (unpaired) electrons. The van der Waals surface area contributed by atoms with E-state index in [1.165, 1.54) is 5.56 Å². The first-order valence-electron chi connectivity index (χ1n) is 7.80. The zero-order valence-electron chi connectivity index (χ0n) is 13.5. The number of amides is 1. The number of nitrogens with zero attached hydrogens (tertiary/aromatic N) is 2. The highest BCUT2D eigenvalue weighted by atomic mass is 16.5. The van der Waals surface area contributed by atoms with E-state index in [0.29, 0.717) is 13.0 Å². The maximum atomic E-state index is 12.0. The van der Waals surface area contributed by atoms with E-state index in [9.17, 15) is 4.79 Å². The molecule has 2 aromatic carbocycles. The van der Waals surface area contributed by atoms with E-state index in [2.05, 4.69) is 10.4 Å². The Labute approximate surface area is 140 Å². The van der Waals surface area contributed by atoms with Crippen molar-refractivity contribution in [3.8, 4) is 11.4 Å². The van der Waals surface area contributed by atoms with Gasteiger partial charge in [-0.1, -0.05) is 23.8 Å². The first kappa shape index (κ1) is 15.8. The second-order valence-electron chi connectivity index (χ2n) is 5.46. The van der Waals surface area contributed by atoms with Crippen LogP contribution in [-0.4, -0.2) is 22.3 Å². The van der Waals surface area contributed by atoms with Crippen LogP contribution in [-0.2, 0) is 4.79 Å². The molecular formula is C19H19N3O2. The van der Waals surface area contributed by atoms with E-state index < -0.39 is 0 Å². The van der Waals surface area contributed by atoms with Crippen LogP contribution in [0.15, 0.2) is 67.0 Å². The van der Waals surface area contributed by atoms with E-state index >= 15 is 0 Å². The van der Waals surface area contributed by atoms with Crippen molar-refractivity contribution >= 4 is 11.6 Å². The smallest absolute Gasteiger partial charge is 0.227 e. The number of carbonyl (C=O) groups excluding carboxylic acids is 1. The third-order valence-electron chi connectivity index (χ3n) is 3.52. The van der Waals surface area contributed by atoms with Crippen molar-refractivity contribution in [2.75, 3.05) is 11.9 Å². The average molecular weight is 321 g/mol. The third kappa shape index (κ3) is 4.23. The summed E-state index contributed by atoms with van der Waals surface area (Å²) in [5, 5.41) is 7.06. The largest absolute Gasteiger partial charge is 0.493 e. The van der Waals surface area contributed by atoms with Crippen LogP contribution in [0.25, 0.3) is 5.69 Å². The first-order chi connectivity index (χ1) is 11.7. The average Bonchev–Trinajstić information content (AvgIpc) is 3.11. The third-order valence-corrected chi connectivity index (χ3v) is 3.52. The van der Waals surface area contributed by atoms with E-state index in [-0.39, 0.29) is 5.91 Å². The van der Waals surface area contributed by atoms with Crippen LogP contribution < -0.4 is 10.1 Å². The lowest BCUT2D eigenvalue weighted by Gasteiger charge is -2.09. The van der Waals surface area contributed by atoms with Crippen molar-refractivity contribution in [3.05, 3.63) is 72.6 Å². The maximum absolute atomic E-state index is 12.0. The second kappa shape index (κ2) is 7.46. The van der Waals surface area contributed by atoms with Crippen LogP contribution in [0.5, 0.6) is 5.75 Å². The molecule has 0 aliphatic carbocycles. The molecule has 0 fully saturated rings. The van der Waals surface area contributed by atoms with Gasteiger partial charge in [-0.15, -0.1) is 0 Å². The Morgan fingerprint density at radius 3 is 2.75 bits per heavy atom. The number of hydrogen-bond donors (Lipinski definition) is 1. The highest BCUT2D eigenvalue weighted by Crippen LogP contribution is 2.15. The highest BCUT2D eigenvalue weighted by molar-refractivity contribution is 5.91. The number of benzene rings is 2. The monoisotopic (exact) mass is 321 g/mol. The molecule has 0 bridgehead atoms. The molecule has 24 heavy (non-hydrogen) atoms. The zero-order valence-corrected chi connectivity index (χ0v) is 13.5. The second-order valence-corrected chi connectivity index (χ2v) is 5.46. The Kier molecular flexibility index (Phi) is 4.91. The predicted octanol–water partition coefficient (Wildman–Crippen LogP) is 3.59. The zero-order chi connectivity index (χ0) is 16.8. The van der Waals surface area contributed by atoms with E-state index in [1.807, 2.05) is 67.7 Å². The number of rotatable bonds is 6. The lowest BCUT2D eigenvalue weighted by molar-refractivity contribution is -0.116. The van der Waals surface area contributed by atoms with Crippen LogP contribution >= 0.6 is 0 Å². The van der Waals surface area contributed by atoms with Gasteiger partial charge in [0.15, 0.2) is 0 Å². The molecule has 1 amide bonds. The molecule has 1 heterocycles. The molecule has 3 rings (SSSR count). The lowest BCUT2D eigenvalue weighted by atomic mass is 10.2. The summed E-state index contributed by atoms with van der Waals surface area (Å²) in [5.41, 5.74) is 2.81. The molecule has 1 N–H and O–H groups in total. The van der Waals surface area contributed by atoms with Crippen molar-refractivity contribution in [1.82, 2.24) is 9.78 Å². The highest BCUT2D eigenvalue weighted by Gasteiger charge is 2.05. The Morgan fingerprint density at radius 1 is 1.17 bits per heavy atom. The van der Waals surface area contributed by atoms with Gasteiger partial charge in [-0.25, -0.2) is 4.68 Å². The molecule has 0 aliphatic heterocycles. The van der Waals surface area contributed by atoms with Crippen LogP contribution in [0.4, 0.5) is 5.69 Å². The molecule has 0 unspecified atom stereocenters. The van der Waals surface area contributed by atoms with Gasteiger partial charge in [0.2, 0.25) is 5.91 Å². The molecule has 0 spiro atoms. The summed E-state index contributed by atoms with van der Waals surface area (Å²) < 4.78 is 7.32. The summed E-state index contributed by atoms with van der Waals surface area (Å²) in [6.45, 7) is 2.36. The predicted molar refractivity (Wildman–Crippen MR) is 93.5 cm³/mol. The fraction of sp³-hybridized carbons (Fsp3) is 0.158. The van der Waals surface area contributed by atoms with Gasteiger partial charge in [0.05, 0.1) is 18.7 Å². The Hall–Kier alpha value is -3.08. The summed E-state index contributed by atoms with van der Waals surface area (Å²) >= 11 is 0. The van der Waals surface area contributed by atoms with Crippen LogP contribution in [0.3, 0.4) is 0 Å². The molecule has 0 atom stereocenters. The fourth-order valence-electron chi connectivity index (χ4n) is 2.27. The molecular weight excluding hydrogens is 302 g/mol. The Morgan fingerprint density at radius 2 is 2.00 bits per heavy atom. The van der Waals surface area contributed by atoms with Crippen LogP contribution in [0, 0.1) is 6.92 Å². The van der Waals surface area contributed by atoms with Crippen molar-refractivity contribution in [2.24, 2.45) is 0 Å². The standard InChI is InChI=1S/C19H19N3O2/c1-15-6-8-18(9-7-15)24-13-10-19(23)21-16-4-2-5-17(14-16)22-12-3-11-20-22/h2-9,11-12,14H,10,13H2,1H3,(H,21,23). The van der Waals surface area contributed by atoms with E-state index in [0.717, 1.165) is 17.1 Å². The summed E-state index contributed by atoms with van der Waals surface area (Å²) in [7, 11) is 0. The summed E-state index contributed by atoms with van der Waals surface area (Å²) in [6, 6.07) is 17.2. The molecule has 0 saturated carbocycles. The van der Waals surface area contributed by atoms with Gasteiger partial charge in [0, 0.05) is 18.1 Å². The summed E-state index contributed by atoms with van der Waals surface area (Å²) in [6.07, 6.45) is 3.86. The number of anilines is 1. The maximum Gasteiger partial charge on any atom is 0.227 e. The van der Waals surface area contributed by atoms with Crippen molar-refractivity contribution in [2.45, 2.75) is 13.3 Å². The molecule has 3 aromatic rings. The minimum atomic E-state index is -0.0836. The SMILES string of the molecule is Cc1ccc(OCCC(=O)Nc2cccc(-n3cccn3)c2)cc1. The van der Waals surface area contributed by atoms with Crippen molar-refractivity contribution in [1.29, 1.82) is 0 Å². The van der Waals surface area contributed by atoms with Gasteiger partial charge in [-0.3, -0.25) is 4.79 Å². The molecule has 1 aromatic heterocycles. The number of aryl methyl sites for hydroxylation is 1. The molecule has 5 nitrogen and oxygen atoms in total. The number of ether oxygens (including phenoxy) is 1. The quantitative estimate of drug-likeness (QED) is 0.755. The topological polar surface area (TPSA) is 56.1 Å². The Balaban J connectivity index is 1.51. The number of hydrogen-bond acceptors (Lipinski definition) is 3. The fourth-order valence-corrected chi connectivity index (χ4v) is 2.27. The minimum Gasteiger partial charge on any atom is -0.493 e. The van der Waals surface area contributed by atoms with E-state index in [4.69, 9.17) is 4.74 Å². The van der Waals surface area contributed by atoms with Gasteiger partial charge in [0.1, 0.15) is 5.75 Å². The minimum absolute atomic E-state index is 0.0836. The van der Waals surface area contributed by atoms with Crippen LogP contribution in [0.1, 0.15) is 12.0 Å². The number of nitrogens with one attached hydrogen (secondary N) is 1. The summed E-state index contributed by atoms with van der Waals surface area (Å²) in [4.78, 5) is 12.0.